The lowest BCUT2D eigenvalue weighted by molar-refractivity contribution is -0.139. The largest absolute Gasteiger partial charge is 0.463 e. The zero-order valence-corrected chi connectivity index (χ0v) is 24.8. The Bertz CT molecular complexity index is 1720. The number of fused-ring (bicyclic) bond motifs is 1. The van der Waals surface area contributed by atoms with Crippen molar-refractivity contribution in [1.82, 2.24) is 4.57 Å². The van der Waals surface area contributed by atoms with Gasteiger partial charge in [-0.3, -0.25) is 14.2 Å². The molecule has 1 amide bonds. The lowest BCUT2D eigenvalue weighted by atomic mass is 9.92. The summed E-state index contributed by atoms with van der Waals surface area (Å²) < 4.78 is 7.44. The van der Waals surface area contributed by atoms with E-state index in [9.17, 15) is 14.4 Å². The summed E-state index contributed by atoms with van der Waals surface area (Å²) in [4.78, 5) is 46.1. The first-order chi connectivity index (χ1) is 19.7. The Hall–Kier alpha value is -4.11. The third-order valence-corrected chi connectivity index (χ3v) is 8.31. The van der Waals surface area contributed by atoms with Crippen LogP contribution in [0.3, 0.4) is 0 Å². The first-order valence-corrected chi connectivity index (χ1v) is 14.8. The van der Waals surface area contributed by atoms with Crippen LogP contribution in [0.5, 0.6) is 0 Å². The van der Waals surface area contributed by atoms with E-state index in [4.69, 9.17) is 9.73 Å². The molecule has 0 unspecified atom stereocenters. The maximum Gasteiger partial charge on any atom is 0.338 e. The molecule has 41 heavy (non-hydrogen) atoms. The number of allylic oxidation sites excluding steroid dienone is 1. The highest BCUT2D eigenvalue weighted by Gasteiger charge is 2.36. The molecule has 0 aliphatic carbocycles. The normalized spacial score (nSPS) is 19.0. The standard InChI is InChI=1S/C32H34N4O4S/c1-6-11-25-27(31(39)40-7-2)28(22-16-14-21(15-17-22)19(3)4)35-30(38)26(41-32(35)33-25)18-24-20(5)34-36(29(24)37)23-12-9-8-10-13-23/h8-10,12-19,24,28H,6-7,11H2,1-5H3/b26-18+/t24-,28+/m1/s1. The molecule has 5 rings (SSSR count). The summed E-state index contributed by atoms with van der Waals surface area (Å²) in [5, 5.41) is 5.86. The van der Waals surface area contributed by atoms with Crippen molar-refractivity contribution in [2.75, 3.05) is 11.6 Å². The minimum atomic E-state index is -0.690. The number of rotatable bonds is 8. The third-order valence-electron chi connectivity index (χ3n) is 7.31. The summed E-state index contributed by atoms with van der Waals surface area (Å²) in [6, 6.07) is 16.5. The van der Waals surface area contributed by atoms with Gasteiger partial charge in [-0.2, -0.15) is 10.1 Å². The average molecular weight is 571 g/mol. The molecule has 0 N–H and O–H groups in total. The van der Waals surface area contributed by atoms with Crippen molar-refractivity contribution in [1.29, 1.82) is 0 Å². The summed E-state index contributed by atoms with van der Waals surface area (Å²) in [7, 11) is 0. The second-order valence-electron chi connectivity index (χ2n) is 10.5. The van der Waals surface area contributed by atoms with Crippen molar-refractivity contribution in [2.45, 2.75) is 59.4 Å². The molecule has 0 saturated carbocycles. The van der Waals surface area contributed by atoms with E-state index in [1.807, 2.05) is 61.5 Å². The number of benzene rings is 2. The van der Waals surface area contributed by atoms with Crippen LogP contribution < -0.4 is 19.9 Å². The van der Waals surface area contributed by atoms with Gasteiger partial charge in [0, 0.05) is 0 Å². The number of ether oxygens (including phenoxy) is 1. The van der Waals surface area contributed by atoms with Crippen molar-refractivity contribution < 1.29 is 14.3 Å². The first-order valence-electron chi connectivity index (χ1n) is 14.0. The predicted molar refractivity (Wildman–Crippen MR) is 162 cm³/mol. The maximum absolute atomic E-state index is 14.1. The molecule has 1 aromatic heterocycles. The molecule has 9 heteroatoms. The van der Waals surface area contributed by atoms with E-state index in [1.165, 1.54) is 16.3 Å². The maximum atomic E-state index is 14.1. The smallest absolute Gasteiger partial charge is 0.338 e. The molecule has 2 aliphatic heterocycles. The number of nitrogens with zero attached hydrogens (tertiary/aromatic N) is 4. The lowest BCUT2D eigenvalue weighted by Crippen LogP contribution is -2.40. The van der Waals surface area contributed by atoms with Crippen LogP contribution in [0.25, 0.3) is 6.08 Å². The molecule has 0 spiro atoms. The molecule has 3 aromatic rings. The number of amides is 1. The number of esters is 1. The van der Waals surface area contributed by atoms with Crippen molar-refractivity contribution in [2.24, 2.45) is 16.0 Å². The highest BCUT2D eigenvalue weighted by atomic mass is 32.1. The van der Waals surface area contributed by atoms with Crippen LogP contribution in [0, 0.1) is 5.92 Å². The van der Waals surface area contributed by atoms with E-state index >= 15 is 0 Å². The fourth-order valence-electron chi connectivity index (χ4n) is 5.19. The molecular weight excluding hydrogens is 536 g/mol. The minimum Gasteiger partial charge on any atom is -0.463 e. The molecule has 2 atom stereocenters. The van der Waals surface area contributed by atoms with Crippen molar-refractivity contribution in [3.63, 3.8) is 0 Å². The van der Waals surface area contributed by atoms with Gasteiger partial charge < -0.3 is 4.74 Å². The van der Waals surface area contributed by atoms with Gasteiger partial charge in [0.1, 0.15) is 5.92 Å². The molecule has 2 aromatic carbocycles. The Kier molecular flexibility index (Phi) is 8.17. The van der Waals surface area contributed by atoms with Gasteiger partial charge in [-0.05, 0) is 55.5 Å². The summed E-state index contributed by atoms with van der Waals surface area (Å²) in [6.45, 7) is 10.0. The molecule has 8 nitrogen and oxygen atoms in total. The van der Waals surface area contributed by atoms with Crippen molar-refractivity contribution >= 4 is 40.7 Å². The third kappa shape index (κ3) is 5.34. The van der Waals surface area contributed by atoms with Crippen LogP contribution >= 0.6 is 11.3 Å². The number of carbonyl (C=O) groups is 2. The number of aromatic nitrogens is 1. The fourth-order valence-corrected chi connectivity index (χ4v) is 6.22. The van der Waals surface area contributed by atoms with Gasteiger partial charge in [-0.15, -0.1) is 0 Å². The number of hydrazone groups is 1. The Morgan fingerprint density at radius 3 is 2.41 bits per heavy atom. The highest BCUT2D eigenvalue weighted by molar-refractivity contribution is 7.07. The number of anilines is 1. The summed E-state index contributed by atoms with van der Waals surface area (Å²) >= 11 is 1.23. The number of hydrogen-bond acceptors (Lipinski definition) is 7. The van der Waals surface area contributed by atoms with Gasteiger partial charge in [0.05, 0.1) is 39.9 Å². The molecule has 0 radical (unpaired) electrons. The Morgan fingerprint density at radius 1 is 1.07 bits per heavy atom. The zero-order chi connectivity index (χ0) is 29.3. The Morgan fingerprint density at radius 2 is 1.78 bits per heavy atom. The molecule has 212 valence electrons. The van der Waals surface area contributed by atoms with E-state index in [0.29, 0.717) is 44.3 Å². The van der Waals surface area contributed by atoms with Gasteiger partial charge in [-0.1, -0.05) is 81.0 Å². The van der Waals surface area contributed by atoms with Crippen LogP contribution in [0.15, 0.2) is 80.8 Å². The highest BCUT2D eigenvalue weighted by Crippen LogP contribution is 2.33. The quantitative estimate of drug-likeness (QED) is 0.367. The number of thiazole rings is 1. The second-order valence-corrected chi connectivity index (χ2v) is 11.5. The van der Waals surface area contributed by atoms with E-state index in [1.54, 1.807) is 24.5 Å². The van der Waals surface area contributed by atoms with Gasteiger partial charge in [0.2, 0.25) is 0 Å². The number of carbonyl (C=O) groups excluding carboxylic acids is 2. The van der Waals surface area contributed by atoms with Crippen LogP contribution in [0.2, 0.25) is 0 Å². The van der Waals surface area contributed by atoms with E-state index in [0.717, 1.165) is 17.5 Å². The van der Waals surface area contributed by atoms with Gasteiger partial charge in [0.25, 0.3) is 11.5 Å². The molecule has 0 bridgehead atoms. The molecular formula is C32H34N4O4S. The van der Waals surface area contributed by atoms with Gasteiger partial charge in [-0.25, -0.2) is 9.79 Å². The summed E-state index contributed by atoms with van der Waals surface area (Å²) in [5.41, 5.74) is 3.94. The van der Waals surface area contributed by atoms with Crippen molar-refractivity contribution in [3.8, 4) is 0 Å². The van der Waals surface area contributed by atoms with E-state index in [2.05, 4.69) is 18.9 Å². The number of para-hydroxylation sites is 1. The molecule has 3 heterocycles. The average Bonchev–Trinajstić information content (AvgIpc) is 3.43. The first kappa shape index (κ1) is 28.4. The predicted octanol–water partition coefficient (Wildman–Crippen LogP) is 4.69. The summed E-state index contributed by atoms with van der Waals surface area (Å²) in [6.07, 6.45) is 3.02. The molecule has 0 fully saturated rings. The zero-order valence-electron chi connectivity index (χ0n) is 24.0. The number of hydrogen-bond donors (Lipinski definition) is 0. The SMILES string of the molecule is CCCC1=C(C(=O)OCC)[C@H](c2ccc(C(C)C)cc2)n2c(s/c(=C/[C@H]3C(=O)N(c4ccccc4)N=C3C)c2=O)=N1. The van der Waals surface area contributed by atoms with Crippen LogP contribution in [0.4, 0.5) is 5.69 Å². The van der Waals surface area contributed by atoms with Gasteiger partial charge in [0.15, 0.2) is 4.80 Å². The van der Waals surface area contributed by atoms with E-state index < -0.39 is 17.9 Å². The van der Waals surface area contributed by atoms with Crippen LogP contribution in [-0.4, -0.2) is 28.8 Å². The lowest BCUT2D eigenvalue weighted by Gasteiger charge is -2.26. The topological polar surface area (TPSA) is 93.3 Å². The van der Waals surface area contributed by atoms with E-state index in [-0.39, 0.29) is 18.1 Å². The monoisotopic (exact) mass is 570 g/mol. The second kappa shape index (κ2) is 11.8. The molecule has 2 aliphatic rings. The molecule has 0 saturated heterocycles. The van der Waals surface area contributed by atoms with Gasteiger partial charge >= 0.3 is 5.97 Å². The Balaban J connectivity index is 1.66. The summed E-state index contributed by atoms with van der Waals surface area (Å²) in [5.74, 6) is -1.04. The van der Waals surface area contributed by atoms with Crippen molar-refractivity contribution in [3.05, 3.63) is 96.7 Å². The fraction of sp³-hybridized carbons (Fsp3) is 0.344. The van der Waals surface area contributed by atoms with Crippen LogP contribution in [-0.2, 0) is 14.3 Å². The minimum absolute atomic E-state index is 0.214. The van der Waals surface area contributed by atoms with Crippen LogP contribution in [0.1, 0.15) is 70.5 Å². The Labute approximate surface area is 243 Å².